The van der Waals surface area contributed by atoms with Crippen LogP contribution in [0.5, 0.6) is 0 Å². The van der Waals surface area contributed by atoms with Gasteiger partial charge in [-0.15, -0.1) is 4.52 Å². The summed E-state index contributed by atoms with van der Waals surface area (Å²) in [6.07, 6.45) is -0.302. The molecule has 0 heterocycles. The van der Waals surface area contributed by atoms with Gasteiger partial charge in [0.05, 0.1) is 6.61 Å². The molecule has 0 aromatic heterocycles. The molecule has 1 N–H and O–H groups in total. The molecule has 2 atom stereocenters. The lowest BCUT2D eigenvalue weighted by molar-refractivity contribution is 0.138. The van der Waals surface area contributed by atoms with Crippen LogP contribution < -0.4 is 0 Å². The summed E-state index contributed by atoms with van der Waals surface area (Å²) in [5.41, 5.74) is 0. The molecule has 0 aliphatic heterocycles. The highest BCUT2D eigenvalue weighted by atomic mass is 31.1. The summed E-state index contributed by atoms with van der Waals surface area (Å²) in [5, 5.41) is 8.33. The quantitative estimate of drug-likeness (QED) is 0.584. The molecular formula is C4H10O3P+. The van der Waals surface area contributed by atoms with E-state index in [9.17, 15) is 4.57 Å². The zero-order valence-electron chi connectivity index (χ0n) is 5.00. The Bertz CT molecular complexity index is 83.4. The van der Waals surface area contributed by atoms with E-state index in [4.69, 9.17) is 5.11 Å². The van der Waals surface area contributed by atoms with Crippen LogP contribution in [0.3, 0.4) is 0 Å². The minimum atomic E-state index is -1.56. The van der Waals surface area contributed by atoms with E-state index in [2.05, 4.69) is 4.52 Å². The van der Waals surface area contributed by atoms with E-state index in [0.29, 0.717) is 0 Å². The van der Waals surface area contributed by atoms with Gasteiger partial charge in [0.1, 0.15) is 6.10 Å². The van der Waals surface area contributed by atoms with Crippen molar-refractivity contribution in [1.82, 2.24) is 0 Å². The maximum atomic E-state index is 10.2. The number of rotatable bonds is 3. The van der Waals surface area contributed by atoms with Gasteiger partial charge in [-0.3, -0.25) is 0 Å². The van der Waals surface area contributed by atoms with E-state index in [1.165, 1.54) is 6.66 Å². The van der Waals surface area contributed by atoms with Crippen molar-refractivity contribution in [2.45, 2.75) is 13.0 Å². The fourth-order valence-electron chi connectivity index (χ4n) is 0.287. The second kappa shape index (κ2) is 3.96. The summed E-state index contributed by atoms with van der Waals surface area (Å²) in [7, 11) is -1.56. The standard InChI is InChI=1S/C4H10O3P/c1-4(3-5)7-8(2)6/h4-5H,3H2,1-2H3/q+1. The normalized spacial score (nSPS) is 15.6. The fourth-order valence-corrected chi connectivity index (χ4v) is 0.860. The van der Waals surface area contributed by atoms with E-state index in [0.717, 1.165) is 0 Å². The molecule has 0 saturated carbocycles. The molecule has 0 aromatic rings. The predicted octanol–water partition coefficient (Wildman–Crippen LogP) is 0.756. The molecule has 8 heavy (non-hydrogen) atoms. The molecule has 2 unspecified atom stereocenters. The minimum Gasteiger partial charge on any atom is -0.393 e. The first-order valence-corrected chi connectivity index (χ1v) is 3.97. The van der Waals surface area contributed by atoms with Gasteiger partial charge in [-0.2, -0.15) is 0 Å². The highest BCUT2D eigenvalue weighted by Crippen LogP contribution is 2.17. The average molecular weight is 137 g/mol. The van der Waals surface area contributed by atoms with Crippen LogP contribution in [0, 0.1) is 0 Å². The van der Waals surface area contributed by atoms with Gasteiger partial charge < -0.3 is 5.11 Å². The first-order valence-electron chi connectivity index (χ1n) is 2.35. The summed E-state index contributed by atoms with van der Waals surface area (Å²) >= 11 is 0. The average Bonchev–Trinajstić information content (AvgIpc) is 1.65. The maximum Gasteiger partial charge on any atom is 0.505 e. The Labute approximate surface area is 49.5 Å². The number of hydrogen-bond acceptors (Lipinski definition) is 3. The lowest BCUT2D eigenvalue weighted by Crippen LogP contribution is -2.07. The van der Waals surface area contributed by atoms with E-state index in [1.807, 2.05) is 0 Å². The van der Waals surface area contributed by atoms with Crippen LogP contribution in [-0.2, 0) is 9.09 Å². The number of hydrogen-bond donors (Lipinski definition) is 1. The number of aliphatic hydroxyl groups is 1. The van der Waals surface area contributed by atoms with Crippen LogP contribution in [0.15, 0.2) is 0 Å². The zero-order chi connectivity index (χ0) is 6.57. The van der Waals surface area contributed by atoms with Crippen LogP contribution >= 0.6 is 8.03 Å². The Kier molecular flexibility index (Phi) is 3.97. The first-order chi connectivity index (χ1) is 3.66. The van der Waals surface area contributed by atoms with E-state index in [1.54, 1.807) is 6.92 Å². The van der Waals surface area contributed by atoms with Crippen LogP contribution in [-0.4, -0.2) is 24.5 Å². The van der Waals surface area contributed by atoms with Crippen molar-refractivity contribution in [2.24, 2.45) is 0 Å². The molecule has 0 amide bonds. The van der Waals surface area contributed by atoms with Crippen molar-refractivity contribution in [3.63, 3.8) is 0 Å². The second-order valence-electron chi connectivity index (χ2n) is 1.54. The van der Waals surface area contributed by atoms with Gasteiger partial charge in [0, 0.05) is 0 Å². The largest absolute Gasteiger partial charge is 0.505 e. The summed E-state index contributed by atoms with van der Waals surface area (Å²) in [6.45, 7) is 3.05. The topological polar surface area (TPSA) is 46.5 Å². The third kappa shape index (κ3) is 4.19. The van der Waals surface area contributed by atoms with Crippen molar-refractivity contribution in [3.05, 3.63) is 0 Å². The second-order valence-corrected chi connectivity index (χ2v) is 2.63. The van der Waals surface area contributed by atoms with Crippen LogP contribution in [0.2, 0.25) is 0 Å². The van der Waals surface area contributed by atoms with Crippen molar-refractivity contribution >= 4 is 8.03 Å². The fraction of sp³-hybridized carbons (Fsp3) is 1.00. The molecule has 0 saturated heterocycles. The van der Waals surface area contributed by atoms with Gasteiger partial charge in [0.25, 0.3) is 0 Å². The zero-order valence-corrected chi connectivity index (χ0v) is 5.89. The summed E-state index contributed by atoms with van der Waals surface area (Å²) < 4.78 is 14.9. The Morgan fingerprint density at radius 2 is 2.38 bits per heavy atom. The molecule has 48 valence electrons. The first kappa shape index (κ1) is 8.02. The Morgan fingerprint density at radius 1 is 1.88 bits per heavy atom. The maximum absolute atomic E-state index is 10.2. The van der Waals surface area contributed by atoms with Crippen molar-refractivity contribution < 1.29 is 14.2 Å². The van der Waals surface area contributed by atoms with Gasteiger partial charge in [0.15, 0.2) is 6.66 Å². The molecule has 4 heteroatoms. The number of aliphatic hydroxyl groups excluding tert-OH is 1. The van der Waals surface area contributed by atoms with E-state index < -0.39 is 8.03 Å². The molecule has 0 fully saturated rings. The molecule has 0 rings (SSSR count). The molecule has 0 spiro atoms. The lowest BCUT2D eigenvalue weighted by atomic mass is 10.5. The highest BCUT2D eigenvalue weighted by molar-refractivity contribution is 7.38. The van der Waals surface area contributed by atoms with Gasteiger partial charge >= 0.3 is 8.03 Å². The molecule has 0 aliphatic carbocycles. The molecule has 3 nitrogen and oxygen atoms in total. The van der Waals surface area contributed by atoms with E-state index >= 15 is 0 Å². The van der Waals surface area contributed by atoms with Gasteiger partial charge in [-0.1, -0.05) is 0 Å². The minimum absolute atomic E-state index is 0.0745. The molecule has 0 aliphatic rings. The third-order valence-corrected chi connectivity index (χ3v) is 1.24. The molecule has 0 radical (unpaired) electrons. The van der Waals surface area contributed by atoms with Gasteiger partial charge in [0.2, 0.25) is 0 Å². The van der Waals surface area contributed by atoms with Crippen LogP contribution in [0.25, 0.3) is 0 Å². The smallest absolute Gasteiger partial charge is 0.393 e. The predicted molar refractivity (Wildman–Crippen MR) is 31.2 cm³/mol. The van der Waals surface area contributed by atoms with Crippen molar-refractivity contribution in [3.8, 4) is 0 Å². The molecular weight excluding hydrogens is 127 g/mol. The Hall–Kier alpha value is 0.0200. The van der Waals surface area contributed by atoms with Crippen LogP contribution in [0.4, 0.5) is 0 Å². The Balaban J connectivity index is 3.24. The summed E-state index contributed by atoms with van der Waals surface area (Å²) in [4.78, 5) is 0. The van der Waals surface area contributed by atoms with Crippen molar-refractivity contribution in [1.29, 1.82) is 0 Å². The van der Waals surface area contributed by atoms with E-state index in [-0.39, 0.29) is 12.7 Å². The van der Waals surface area contributed by atoms with Gasteiger partial charge in [-0.25, -0.2) is 0 Å². The van der Waals surface area contributed by atoms with Crippen LogP contribution in [0.1, 0.15) is 6.92 Å². The lowest BCUT2D eigenvalue weighted by Gasteiger charge is -1.94. The van der Waals surface area contributed by atoms with Gasteiger partial charge in [-0.05, 0) is 11.5 Å². The monoisotopic (exact) mass is 137 g/mol. The summed E-state index contributed by atoms with van der Waals surface area (Å²) in [6, 6.07) is 0. The Morgan fingerprint density at radius 3 is 2.50 bits per heavy atom. The summed E-state index contributed by atoms with van der Waals surface area (Å²) in [5.74, 6) is 0. The highest BCUT2D eigenvalue weighted by Gasteiger charge is 2.12. The molecule has 0 bridgehead atoms. The SMILES string of the molecule is CC(CO)O[P+](C)=O. The molecule has 0 aromatic carbocycles. The van der Waals surface area contributed by atoms with Crippen molar-refractivity contribution in [2.75, 3.05) is 13.3 Å². The third-order valence-electron chi connectivity index (χ3n) is 0.585.